The zero-order valence-electron chi connectivity index (χ0n) is 12.5. The highest BCUT2D eigenvalue weighted by Gasteiger charge is 2.36. The lowest BCUT2D eigenvalue weighted by atomic mass is 9.68. The van der Waals surface area contributed by atoms with E-state index in [4.69, 9.17) is 4.74 Å². The van der Waals surface area contributed by atoms with Crippen LogP contribution in [-0.2, 0) is 4.79 Å². The third-order valence-electron chi connectivity index (χ3n) is 4.57. The van der Waals surface area contributed by atoms with Gasteiger partial charge in [0.1, 0.15) is 5.75 Å². The number of aliphatic hydroxyl groups is 1. The van der Waals surface area contributed by atoms with Gasteiger partial charge in [-0.15, -0.1) is 0 Å². The van der Waals surface area contributed by atoms with E-state index in [0.717, 1.165) is 37.0 Å². The molecule has 1 fully saturated rings. The quantitative estimate of drug-likeness (QED) is 0.841. The summed E-state index contributed by atoms with van der Waals surface area (Å²) < 4.78 is 5.11. The van der Waals surface area contributed by atoms with Gasteiger partial charge in [-0.3, -0.25) is 4.79 Å². The van der Waals surface area contributed by atoms with Crippen molar-refractivity contribution in [3.8, 4) is 5.75 Å². The van der Waals surface area contributed by atoms with Crippen LogP contribution in [0.15, 0.2) is 24.3 Å². The van der Waals surface area contributed by atoms with E-state index < -0.39 is 12.1 Å². The van der Waals surface area contributed by atoms with Gasteiger partial charge in [-0.05, 0) is 42.4 Å². The summed E-state index contributed by atoms with van der Waals surface area (Å²) in [4.78, 5) is 11.2. The van der Waals surface area contributed by atoms with E-state index >= 15 is 0 Å². The van der Waals surface area contributed by atoms with Gasteiger partial charge in [0.05, 0.1) is 19.6 Å². The molecule has 0 radical (unpaired) electrons. The number of hydrogen-bond acceptors (Lipinski definition) is 3. The molecule has 4 nitrogen and oxygen atoms in total. The van der Waals surface area contributed by atoms with Crippen LogP contribution in [0.5, 0.6) is 5.75 Å². The number of hydrogen-bond donors (Lipinski definition) is 2. The van der Waals surface area contributed by atoms with Crippen LogP contribution >= 0.6 is 0 Å². The van der Waals surface area contributed by atoms with Crippen molar-refractivity contribution in [3.05, 3.63) is 29.8 Å². The number of benzene rings is 1. The van der Waals surface area contributed by atoms with Gasteiger partial charge in [0.2, 0.25) is 0 Å². The molecule has 0 heterocycles. The van der Waals surface area contributed by atoms with Crippen LogP contribution < -0.4 is 4.74 Å². The average Bonchev–Trinajstić information content (AvgIpc) is 2.47. The monoisotopic (exact) mass is 292 g/mol. The number of carboxylic acid groups (broad SMARTS) is 1. The van der Waals surface area contributed by atoms with E-state index in [1.807, 2.05) is 24.3 Å². The Morgan fingerprint density at radius 1 is 1.24 bits per heavy atom. The van der Waals surface area contributed by atoms with Gasteiger partial charge >= 0.3 is 5.97 Å². The number of aliphatic hydroxyl groups excluding tert-OH is 1. The van der Waals surface area contributed by atoms with Crippen molar-refractivity contribution >= 4 is 5.97 Å². The summed E-state index contributed by atoms with van der Waals surface area (Å²) in [5.41, 5.74) is 0.565. The van der Waals surface area contributed by atoms with Crippen LogP contribution in [0.25, 0.3) is 0 Å². The molecule has 1 aromatic rings. The van der Waals surface area contributed by atoms with Gasteiger partial charge < -0.3 is 14.9 Å². The number of ether oxygens (including phenoxy) is 1. The van der Waals surface area contributed by atoms with E-state index in [1.165, 1.54) is 6.42 Å². The Balaban J connectivity index is 2.09. The Morgan fingerprint density at radius 2 is 1.86 bits per heavy atom. The first-order chi connectivity index (χ1) is 10.0. The number of carbonyl (C=O) groups is 1. The van der Waals surface area contributed by atoms with Crippen molar-refractivity contribution < 1.29 is 19.7 Å². The largest absolute Gasteiger partial charge is 0.497 e. The summed E-state index contributed by atoms with van der Waals surface area (Å²) in [6.45, 7) is 0. The molecule has 1 saturated carbocycles. The minimum Gasteiger partial charge on any atom is -0.497 e. The predicted octanol–water partition coefficient (Wildman–Crippen LogP) is 3.54. The lowest BCUT2D eigenvalue weighted by molar-refractivity contribution is -0.141. The van der Waals surface area contributed by atoms with Crippen LogP contribution in [-0.4, -0.2) is 23.3 Å². The van der Waals surface area contributed by atoms with Crippen molar-refractivity contribution in [2.75, 3.05) is 7.11 Å². The molecule has 21 heavy (non-hydrogen) atoms. The first-order valence-corrected chi connectivity index (χ1v) is 7.58. The van der Waals surface area contributed by atoms with Crippen LogP contribution in [0.2, 0.25) is 0 Å². The standard InChI is InChI=1S/C17H24O4/c1-21-14-7-5-13(6-8-14)15(18)11-17(12-16(19)20)9-3-2-4-10-17/h5-8,15,18H,2-4,9-12H2,1H3,(H,19,20). The Kier molecular flexibility index (Phi) is 5.23. The fourth-order valence-corrected chi connectivity index (χ4v) is 3.43. The Bertz CT molecular complexity index is 460. The van der Waals surface area contributed by atoms with Gasteiger partial charge in [0.25, 0.3) is 0 Å². The molecule has 0 bridgehead atoms. The molecule has 1 aromatic carbocycles. The zero-order valence-corrected chi connectivity index (χ0v) is 12.5. The van der Waals surface area contributed by atoms with E-state index in [-0.39, 0.29) is 11.8 Å². The highest BCUT2D eigenvalue weighted by atomic mass is 16.5. The number of carboxylic acids is 1. The number of aliphatic carboxylic acids is 1. The molecular formula is C17H24O4. The normalized spacial score (nSPS) is 19.0. The lowest BCUT2D eigenvalue weighted by Crippen LogP contribution is -2.29. The highest BCUT2D eigenvalue weighted by molar-refractivity contribution is 5.67. The summed E-state index contributed by atoms with van der Waals surface area (Å²) in [6, 6.07) is 7.34. The van der Waals surface area contributed by atoms with Gasteiger partial charge in [-0.25, -0.2) is 0 Å². The SMILES string of the molecule is COc1ccc(C(O)CC2(CC(=O)O)CCCCC2)cc1. The van der Waals surface area contributed by atoms with E-state index in [0.29, 0.717) is 6.42 Å². The molecule has 0 spiro atoms. The minimum absolute atomic E-state index is 0.153. The topological polar surface area (TPSA) is 66.8 Å². The summed E-state index contributed by atoms with van der Waals surface area (Å²) in [7, 11) is 1.61. The first kappa shape index (κ1) is 15.8. The molecule has 2 N–H and O–H groups in total. The molecule has 1 unspecified atom stereocenters. The summed E-state index contributed by atoms with van der Waals surface area (Å²) >= 11 is 0. The van der Waals surface area contributed by atoms with E-state index in [2.05, 4.69) is 0 Å². The fraction of sp³-hybridized carbons (Fsp3) is 0.588. The molecule has 1 atom stereocenters. The summed E-state index contributed by atoms with van der Waals surface area (Å²) in [6.07, 6.45) is 5.13. The zero-order chi connectivity index (χ0) is 15.3. The summed E-state index contributed by atoms with van der Waals surface area (Å²) in [5.74, 6) is -0.0114. The second-order valence-corrected chi connectivity index (χ2v) is 6.12. The third kappa shape index (κ3) is 4.21. The Labute approximate surface area is 125 Å². The Hall–Kier alpha value is -1.55. The molecular weight excluding hydrogens is 268 g/mol. The highest BCUT2D eigenvalue weighted by Crippen LogP contribution is 2.45. The van der Waals surface area contributed by atoms with Crippen molar-refractivity contribution in [1.82, 2.24) is 0 Å². The molecule has 0 aromatic heterocycles. The van der Waals surface area contributed by atoms with Gasteiger partial charge in [-0.1, -0.05) is 31.4 Å². The fourth-order valence-electron chi connectivity index (χ4n) is 3.43. The smallest absolute Gasteiger partial charge is 0.303 e. The molecule has 1 aliphatic carbocycles. The predicted molar refractivity (Wildman–Crippen MR) is 80.3 cm³/mol. The maximum absolute atomic E-state index is 11.2. The van der Waals surface area contributed by atoms with Gasteiger partial charge in [0.15, 0.2) is 0 Å². The van der Waals surface area contributed by atoms with Crippen LogP contribution in [0, 0.1) is 5.41 Å². The summed E-state index contributed by atoms with van der Waals surface area (Å²) in [5, 5.41) is 19.7. The lowest BCUT2D eigenvalue weighted by Gasteiger charge is -2.37. The first-order valence-electron chi connectivity index (χ1n) is 7.58. The number of rotatable bonds is 6. The molecule has 4 heteroatoms. The van der Waals surface area contributed by atoms with Gasteiger partial charge in [0, 0.05) is 0 Å². The van der Waals surface area contributed by atoms with Gasteiger partial charge in [-0.2, -0.15) is 0 Å². The molecule has 0 aliphatic heterocycles. The molecule has 2 rings (SSSR count). The van der Waals surface area contributed by atoms with Crippen LogP contribution in [0.1, 0.15) is 56.6 Å². The minimum atomic E-state index is -0.765. The molecule has 1 aliphatic rings. The van der Waals surface area contributed by atoms with E-state index in [1.54, 1.807) is 7.11 Å². The second kappa shape index (κ2) is 6.94. The van der Waals surface area contributed by atoms with Crippen molar-refractivity contribution in [2.24, 2.45) is 5.41 Å². The van der Waals surface area contributed by atoms with E-state index in [9.17, 15) is 15.0 Å². The van der Waals surface area contributed by atoms with Crippen molar-refractivity contribution in [1.29, 1.82) is 0 Å². The van der Waals surface area contributed by atoms with Crippen LogP contribution in [0.3, 0.4) is 0 Å². The molecule has 116 valence electrons. The maximum Gasteiger partial charge on any atom is 0.303 e. The van der Waals surface area contributed by atoms with Crippen molar-refractivity contribution in [2.45, 2.75) is 51.0 Å². The van der Waals surface area contributed by atoms with Crippen molar-refractivity contribution in [3.63, 3.8) is 0 Å². The molecule has 0 saturated heterocycles. The van der Waals surface area contributed by atoms with Crippen LogP contribution in [0.4, 0.5) is 0 Å². The average molecular weight is 292 g/mol. The third-order valence-corrected chi connectivity index (χ3v) is 4.57. The number of methoxy groups -OCH3 is 1. The Morgan fingerprint density at radius 3 is 2.38 bits per heavy atom. The molecule has 0 amide bonds. The second-order valence-electron chi connectivity index (χ2n) is 6.12. The maximum atomic E-state index is 11.2.